The number of nitrogens with zero attached hydrogens (tertiary/aromatic N) is 4. The molecule has 0 N–H and O–H groups in total. The van der Waals surface area contributed by atoms with E-state index in [-0.39, 0.29) is 30.1 Å². The summed E-state index contributed by atoms with van der Waals surface area (Å²) >= 11 is 0. The normalized spacial score (nSPS) is 21.0. The maximum atomic E-state index is 13.8. The minimum Gasteiger partial charge on any atom is -0.376 e. The summed E-state index contributed by atoms with van der Waals surface area (Å²) < 4.78 is 8.10. The van der Waals surface area contributed by atoms with Gasteiger partial charge in [0.15, 0.2) is 11.6 Å². The summed E-state index contributed by atoms with van der Waals surface area (Å²) in [5, 5.41) is 0.830. The molecule has 0 spiro atoms. The van der Waals surface area contributed by atoms with Crippen molar-refractivity contribution in [2.45, 2.75) is 97.2 Å². The first-order chi connectivity index (χ1) is 19.4. The molecule has 1 amide bonds. The Morgan fingerprint density at radius 3 is 2.55 bits per heavy atom. The van der Waals surface area contributed by atoms with Gasteiger partial charge in [0, 0.05) is 48.5 Å². The van der Waals surface area contributed by atoms with E-state index in [4.69, 9.17) is 4.74 Å². The Morgan fingerprint density at radius 2 is 1.82 bits per heavy atom. The molecule has 2 aromatic heterocycles. The highest BCUT2D eigenvalue weighted by Crippen LogP contribution is 2.33. The van der Waals surface area contributed by atoms with Crippen molar-refractivity contribution in [3.63, 3.8) is 0 Å². The lowest BCUT2D eigenvalue weighted by Crippen LogP contribution is -2.46. The Hall–Kier alpha value is -3.39. The van der Waals surface area contributed by atoms with Crippen molar-refractivity contribution < 1.29 is 19.1 Å². The molecule has 2 atom stereocenters. The molecule has 8 heteroatoms. The van der Waals surface area contributed by atoms with Gasteiger partial charge < -0.3 is 14.2 Å². The van der Waals surface area contributed by atoms with Crippen molar-refractivity contribution >= 4 is 28.4 Å². The molecule has 8 nitrogen and oxygen atoms in total. The van der Waals surface area contributed by atoms with Gasteiger partial charge in [0.2, 0.25) is 5.91 Å². The average Bonchev–Trinajstić information content (AvgIpc) is 3.53. The summed E-state index contributed by atoms with van der Waals surface area (Å²) in [4.78, 5) is 50.4. The lowest BCUT2D eigenvalue weighted by Gasteiger charge is -2.27. The minimum absolute atomic E-state index is 0.0418. The number of benzene rings is 1. The molecule has 2 aliphatic heterocycles. The molecule has 1 aromatic carbocycles. The molecular weight excluding hydrogens is 504 g/mol. The Bertz CT molecular complexity index is 1390. The number of ketones is 2. The van der Waals surface area contributed by atoms with Crippen LogP contribution in [0.15, 0.2) is 30.7 Å². The second-order valence-electron chi connectivity index (χ2n) is 11.2. The Balaban J connectivity index is 1.59. The zero-order chi connectivity index (χ0) is 28.2. The Morgan fingerprint density at radius 1 is 1.05 bits per heavy atom. The van der Waals surface area contributed by atoms with Crippen LogP contribution in [0.25, 0.3) is 22.2 Å². The number of aryl methyl sites for hydroxylation is 2. The van der Waals surface area contributed by atoms with E-state index in [0.29, 0.717) is 31.6 Å². The zero-order valence-electron chi connectivity index (χ0n) is 23.9. The van der Waals surface area contributed by atoms with Crippen LogP contribution in [0.3, 0.4) is 0 Å². The largest absolute Gasteiger partial charge is 0.376 e. The first kappa shape index (κ1) is 28.1. The van der Waals surface area contributed by atoms with Gasteiger partial charge in [0.1, 0.15) is 12.6 Å². The smallest absolute Gasteiger partial charge is 0.243 e. The number of fused-ring (bicyclic) bond motifs is 2. The second kappa shape index (κ2) is 12.4. The maximum Gasteiger partial charge on any atom is 0.243 e. The van der Waals surface area contributed by atoms with Crippen LogP contribution < -0.4 is 0 Å². The third-order valence-electron chi connectivity index (χ3n) is 8.33. The van der Waals surface area contributed by atoms with Gasteiger partial charge in [-0.05, 0) is 57.2 Å². The van der Waals surface area contributed by atoms with Crippen LogP contribution in [0, 0.1) is 6.92 Å². The number of rotatable bonds is 4. The maximum absolute atomic E-state index is 13.8. The predicted molar refractivity (Wildman–Crippen MR) is 154 cm³/mol. The number of hydrogen-bond donors (Lipinski definition) is 0. The van der Waals surface area contributed by atoms with Crippen molar-refractivity contribution in [1.29, 1.82) is 0 Å². The number of ether oxygens (including phenoxy) is 1. The molecule has 5 rings (SSSR count). The van der Waals surface area contributed by atoms with Crippen LogP contribution in [-0.2, 0) is 27.3 Å². The summed E-state index contributed by atoms with van der Waals surface area (Å²) in [5.74, 6) is -0.126. The lowest BCUT2D eigenvalue weighted by atomic mass is 9.97. The van der Waals surface area contributed by atoms with E-state index in [1.807, 2.05) is 30.7 Å². The first-order valence-corrected chi connectivity index (χ1v) is 14.8. The van der Waals surface area contributed by atoms with Gasteiger partial charge >= 0.3 is 0 Å². The van der Waals surface area contributed by atoms with Crippen LogP contribution in [0.1, 0.15) is 86.8 Å². The quantitative estimate of drug-likeness (QED) is 0.404. The molecule has 0 aliphatic carbocycles. The van der Waals surface area contributed by atoms with E-state index < -0.39 is 6.04 Å². The minimum atomic E-state index is -0.548. The SMILES string of the molecule is CCC(=O)[C@@H]1[C@H]2CCN1C(=O)Cn1cc(C(C)=O)c3cc(-c4cnc(C)cn4)cc(c31)CCCCCCCCO2. The van der Waals surface area contributed by atoms with Crippen LogP contribution in [-0.4, -0.2) is 62.2 Å². The molecule has 40 heavy (non-hydrogen) atoms. The van der Waals surface area contributed by atoms with Gasteiger partial charge in [-0.15, -0.1) is 0 Å². The lowest BCUT2D eigenvalue weighted by molar-refractivity contribution is -0.140. The van der Waals surface area contributed by atoms with Crippen LogP contribution in [0.5, 0.6) is 0 Å². The zero-order valence-corrected chi connectivity index (χ0v) is 23.9. The fourth-order valence-electron chi connectivity index (χ4n) is 6.22. The third kappa shape index (κ3) is 5.87. The van der Waals surface area contributed by atoms with Crippen molar-refractivity contribution in [2.24, 2.45) is 0 Å². The summed E-state index contributed by atoms with van der Waals surface area (Å²) in [6, 6.07) is 3.60. The van der Waals surface area contributed by atoms with Gasteiger partial charge in [-0.2, -0.15) is 0 Å². The fourth-order valence-corrected chi connectivity index (χ4v) is 6.22. The number of hydrogen-bond acceptors (Lipinski definition) is 6. The summed E-state index contributed by atoms with van der Waals surface area (Å²) in [5.41, 5.74) is 5.12. The molecule has 0 radical (unpaired) electrons. The standard InChI is InChI=1S/C32H40N4O4/c1-4-28(38)32-29-12-13-36(32)30(39)20-35-19-26(22(3)37)25-16-24(27-18-33-21(2)17-34-27)15-23(31(25)35)11-9-7-5-6-8-10-14-40-29/h15-19,29,32H,4-14,20H2,1-3H3/t29-,32-/m1/s1. The van der Waals surface area contributed by atoms with Crippen molar-refractivity contribution in [3.8, 4) is 11.3 Å². The third-order valence-corrected chi connectivity index (χ3v) is 8.33. The number of Topliss-reactive ketones (excluding diaryl/α,β-unsaturated/α-hetero) is 2. The number of carbonyl (C=O) groups excluding carboxylic acids is 3. The van der Waals surface area contributed by atoms with Crippen molar-refractivity contribution in [1.82, 2.24) is 19.4 Å². The van der Waals surface area contributed by atoms with E-state index in [1.165, 1.54) is 0 Å². The molecule has 1 fully saturated rings. The number of amides is 1. The highest BCUT2D eigenvalue weighted by Gasteiger charge is 2.41. The molecule has 212 valence electrons. The molecule has 1 saturated heterocycles. The first-order valence-electron chi connectivity index (χ1n) is 14.8. The summed E-state index contributed by atoms with van der Waals surface area (Å²) in [6.45, 7) is 6.51. The van der Waals surface area contributed by atoms with E-state index in [2.05, 4.69) is 16.0 Å². The van der Waals surface area contributed by atoms with Crippen LogP contribution in [0.2, 0.25) is 0 Å². The van der Waals surface area contributed by atoms with E-state index in [1.54, 1.807) is 24.2 Å². The second-order valence-corrected chi connectivity index (χ2v) is 11.2. The van der Waals surface area contributed by atoms with Crippen LogP contribution >= 0.6 is 0 Å². The summed E-state index contributed by atoms with van der Waals surface area (Å²) in [6.07, 6.45) is 13.4. The number of carbonyl (C=O) groups is 3. The van der Waals surface area contributed by atoms with E-state index in [0.717, 1.165) is 78.4 Å². The molecule has 0 saturated carbocycles. The predicted octanol–water partition coefficient (Wildman–Crippen LogP) is 5.47. The van der Waals surface area contributed by atoms with Gasteiger partial charge in [0.05, 0.1) is 29.2 Å². The topological polar surface area (TPSA) is 94.4 Å². The summed E-state index contributed by atoms with van der Waals surface area (Å²) in [7, 11) is 0. The molecule has 3 aromatic rings. The molecule has 2 aliphatic rings. The Labute approximate surface area is 236 Å². The highest BCUT2D eigenvalue weighted by molar-refractivity contribution is 6.09. The van der Waals surface area contributed by atoms with Crippen molar-refractivity contribution in [3.05, 3.63) is 47.5 Å². The fraction of sp³-hybridized carbons (Fsp3) is 0.531. The van der Waals surface area contributed by atoms with Gasteiger partial charge in [-0.3, -0.25) is 24.4 Å². The monoisotopic (exact) mass is 544 g/mol. The highest BCUT2D eigenvalue weighted by atomic mass is 16.5. The van der Waals surface area contributed by atoms with Crippen molar-refractivity contribution in [2.75, 3.05) is 13.2 Å². The average molecular weight is 545 g/mol. The van der Waals surface area contributed by atoms with Gasteiger partial charge in [-0.1, -0.05) is 32.6 Å². The molecular formula is C32H40N4O4. The molecule has 0 unspecified atom stereocenters. The van der Waals surface area contributed by atoms with Gasteiger partial charge in [0.25, 0.3) is 0 Å². The van der Waals surface area contributed by atoms with Crippen LogP contribution in [0.4, 0.5) is 0 Å². The van der Waals surface area contributed by atoms with E-state index >= 15 is 0 Å². The Kier molecular flexibility index (Phi) is 8.74. The van der Waals surface area contributed by atoms with Gasteiger partial charge in [-0.25, -0.2) is 0 Å². The molecule has 2 bridgehead atoms. The van der Waals surface area contributed by atoms with E-state index in [9.17, 15) is 14.4 Å². The molecule has 4 heterocycles. The number of aromatic nitrogens is 3.